The van der Waals surface area contributed by atoms with E-state index in [9.17, 15) is 4.79 Å². The van der Waals surface area contributed by atoms with Gasteiger partial charge < -0.3 is 11.1 Å². The number of carbonyl (C=O) groups is 1. The van der Waals surface area contributed by atoms with Crippen LogP contribution in [-0.4, -0.2) is 34.0 Å². The Morgan fingerprint density at radius 2 is 2.22 bits per heavy atom. The second kappa shape index (κ2) is 6.49. The van der Waals surface area contributed by atoms with E-state index < -0.39 is 0 Å². The Bertz CT molecular complexity index is 355. The molecule has 18 heavy (non-hydrogen) atoms. The number of rotatable bonds is 6. The molecule has 6 heteroatoms. The van der Waals surface area contributed by atoms with Gasteiger partial charge in [0, 0.05) is 19.3 Å². The van der Waals surface area contributed by atoms with Gasteiger partial charge in [-0.2, -0.15) is 0 Å². The van der Waals surface area contributed by atoms with Crippen LogP contribution in [0.25, 0.3) is 0 Å². The first kappa shape index (κ1) is 14.6. The Morgan fingerprint density at radius 1 is 1.50 bits per heavy atom. The van der Waals surface area contributed by atoms with E-state index in [4.69, 9.17) is 5.73 Å². The summed E-state index contributed by atoms with van der Waals surface area (Å²) in [5.74, 6) is -0.103. The molecule has 1 unspecified atom stereocenters. The van der Waals surface area contributed by atoms with Crippen molar-refractivity contribution in [1.29, 1.82) is 0 Å². The number of hydrogen-bond donors (Lipinski definition) is 2. The molecule has 0 spiro atoms. The number of aromatic nitrogens is 3. The molecule has 0 fully saturated rings. The standard InChI is InChI=1S/C12H23N5O/c1-12(2,3)8-10(9-13)11(18)14-4-6-17-7-5-15-16-17/h5,7,10H,4,6,8-9,13H2,1-3H3,(H,14,18). The van der Waals surface area contributed by atoms with E-state index in [2.05, 4.69) is 36.4 Å². The van der Waals surface area contributed by atoms with Crippen molar-refractivity contribution in [2.75, 3.05) is 13.1 Å². The summed E-state index contributed by atoms with van der Waals surface area (Å²) in [7, 11) is 0. The molecular formula is C12H23N5O. The van der Waals surface area contributed by atoms with E-state index in [1.54, 1.807) is 17.1 Å². The van der Waals surface area contributed by atoms with Crippen LogP contribution in [0.4, 0.5) is 0 Å². The van der Waals surface area contributed by atoms with E-state index >= 15 is 0 Å². The molecule has 0 aliphatic heterocycles. The van der Waals surface area contributed by atoms with Gasteiger partial charge in [-0.15, -0.1) is 5.10 Å². The van der Waals surface area contributed by atoms with E-state index in [0.717, 1.165) is 6.42 Å². The fourth-order valence-corrected chi connectivity index (χ4v) is 1.81. The van der Waals surface area contributed by atoms with Crippen LogP contribution in [0.5, 0.6) is 0 Å². The predicted octanol–water partition coefficient (Wildman–Crippen LogP) is 0.405. The third-order valence-corrected chi connectivity index (χ3v) is 2.63. The smallest absolute Gasteiger partial charge is 0.224 e. The zero-order chi connectivity index (χ0) is 13.6. The van der Waals surface area contributed by atoms with Crippen molar-refractivity contribution in [3.05, 3.63) is 12.4 Å². The fraction of sp³-hybridized carbons (Fsp3) is 0.750. The van der Waals surface area contributed by atoms with Crippen molar-refractivity contribution in [3.8, 4) is 0 Å². The van der Waals surface area contributed by atoms with Gasteiger partial charge in [-0.1, -0.05) is 26.0 Å². The highest BCUT2D eigenvalue weighted by atomic mass is 16.1. The molecule has 102 valence electrons. The maximum absolute atomic E-state index is 11.9. The first-order chi connectivity index (χ1) is 8.42. The van der Waals surface area contributed by atoms with Crippen molar-refractivity contribution in [2.24, 2.45) is 17.1 Å². The Hall–Kier alpha value is -1.43. The molecule has 1 amide bonds. The Balaban J connectivity index is 2.33. The molecule has 1 heterocycles. The van der Waals surface area contributed by atoms with Gasteiger partial charge in [0.2, 0.25) is 5.91 Å². The largest absolute Gasteiger partial charge is 0.354 e. The van der Waals surface area contributed by atoms with Gasteiger partial charge in [0.15, 0.2) is 0 Å². The minimum Gasteiger partial charge on any atom is -0.354 e. The van der Waals surface area contributed by atoms with Crippen LogP contribution in [0.2, 0.25) is 0 Å². The maximum Gasteiger partial charge on any atom is 0.224 e. The van der Waals surface area contributed by atoms with Crippen LogP contribution >= 0.6 is 0 Å². The van der Waals surface area contributed by atoms with Crippen molar-refractivity contribution < 1.29 is 4.79 Å². The van der Waals surface area contributed by atoms with Crippen molar-refractivity contribution in [2.45, 2.75) is 33.7 Å². The van der Waals surface area contributed by atoms with Crippen LogP contribution in [0, 0.1) is 11.3 Å². The molecule has 0 aliphatic rings. The third-order valence-electron chi connectivity index (χ3n) is 2.63. The summed E-state index contributed by atoms with van der Waals surface area (Å²) in [6.07, 6.45) is 4.17. The summed E-state index contributed by atoms with van der Waals surface area (Å²) >= 11 is 0. The summed E-state index contributed by atoms with van der Waals surface area (Å²) in [6, 6.07) is 0. The Morgan fingerprint density at radius 3 is 2.72 bits per heavy atom. The van der Waals surface area contributed by atoms with E-state index in [1.165, 1.54) is 0 Å². The molecule has 0 saturated heterocycles. The highest BCUT2D eigenvalue weighted by Crippen LogP contribution is 2.23. The first-order valence-corrected chi connectivity index (χ1v) is 6.24. The first-order valence-electron chi connectivity index (χ1n) is 6.24. The number of nitrogens with two attached hydrogens (primary N) is 1. The summed E-state index contributed by atoms with van der Waals surface area (Å²) in [5, 5.41) is 10.4. The van der Waals surface area contributed by atoms with Gasteiger partial charge >= 0.3 is 0 Å². The highest BCUT2D eigenvalue weighted by Gasteiger charge is 2.23. The topological polar surface area (TPSA) is 85.8 Å². The Labute approximate surface area is 108 Å². The average Bonchev–Trinajstić information content (AvgIpc) is 2.77. The number of carbonyl (C=O) groups excluding carboxylic acids is 1. The number of nitrogens with one attached hydrogen (secondary N) is 1. The Kier molecular flexibility index (Phi) is 5.27. The van der Waals surface area contributed by atoms with Crippen LogP contribution in [0.3, 0.4) is 0 Å². The van der Waals surface area contributed by atoms with E-state index in [1.807, 2.05) is 0 Å². The number of amides is 1. The zero-order valence-corrected chi connectivity index (χ0v) is 11.4. The maximum atomic E-state index is 11.9. The van der Waals surface area contributed by atoms with E-state index in [-0.39, 0.29) is 17.2 Å². The van der Waals surface area contributed by atoms with Gasteiger partial charge in [0.25, 0.3) is 0 Å². The zero-order valence-electron chi connectivity index (χ0n) is 11.4. The van der Waals surface area contributed by atoms with Gasteiger partial charge in [0.1, 0.15) is 0 Å². The molecule has 1 aromatic heterocycles. The molecule has 1 rings (SSSR count). The lowest BCUT2D eigenvalue weighted by molar-refractivity contribution is -0.125. The van der Waals surface area contributed by atoms with Crippen LogP contribution < -0.4 is 11.1 Å². The monoisotopic (exact) mass is 253 g/mol. The molecule has 3 N–H and O–H groups in total. The van der Waals surface area contributed by atoms with Gasteiger partial charge in [0.05, 0.1) is 18.7 Å². The number of nitrogens with zero attached hydrogens (tertiary/aromatic N) is 3. The summed E-state index contributed by atoms with van der Waals surface area (Å²) < 4.78 is 1.68. The van der Waals surface area contributed by atoms with Gasteiger partial charge in [-0.05, 0) is 11.8 Å². The predicted molar refractivity (Wildman–Crippen MR) is 69.6 cm³/mol. The molecule has 0 aromatic carbocycles. The van der Waals surface area contributed by atoms with Crippen LogP contribution in [0.15, 0.2) is 12.4 Å². The fourth-order valence-electron chi connectivity index (χ4n) is 1.81. The normalized spacial score (nSPS) is 13.3. The molecule has 0 saturated carbocycles. The quantitative estimate of drug-likeness (QED) is 0.768. The molecule has 1 atom stereocenters. The highest BCUT2D eigenvalue weighted by molar-refractivity contribution is 5.78. The number of hydrogen-bond acceptors (Lipinski definition) is 4. The van der Waals surface area contributed by atoms with E-state index in [0.29, 0.717) is 19.6 Å². The summed E-state index contributed by atoms with van der Waals surface area (Å²) in [5.41, 5.74) is 5.76. The lowest BCUT2D eigenvalue weighted by Gasteiger charge is -2.24. The van der Waals surface area contributed by atoms with Crippen LogP contribution in [0.1, 0.15) is 27.2 Å². The SMILES string of the molecule is CC(C)(C)CC(CN)C(=O)NCCn1ccnn1. The van der Waals surface area contributed by atoms with Crippen molar-refractivity contribution in [1.82, 2.24) is 20.3 Å². The lowest BCUT2D eigenvalue weighted by atomic mass is 9.84. The second-order valence-electron chi connectivity index (χ2n) is 5.65. The molecule has 6 nitrogen and oxygen atoms in total. The summed E-state index contributed by atoms with van der Waals surface area (Å²) in [6.45, 7) is 7.88. The van der Waals surface area contributed by atoms with Gasteiger partial charge in [-0.3, -0.25) is 9.48 Å². The minimum atomic E-state index is -0.124. The molecule has 0 aliphatic carbocycles. The second-order valence-corrected chi connectivity index (χ2v) is 5.65. The molecule has 0 radical (unpaired) electrons. The molecule has 0 bridgehead atoms. The molecule has 1 aromatic rings. The lowest BCUT2D eigenvalue weighted by Crippen LogP contribution is -2.38. The third kappa shape index (κ3) is 5.27. The van der Waals surface area contributed by atoms with Crippen LogP contribution in [-0.2, 0) is 11.3 Å². The average molecular weight is 253 g/mol. The minimum absolute atomic E-state index is 0.0209. The van der Waals surface area contributed by atoms with Crippen molar-refractivity contribution in [3.63, 3.8) is 0 Å². The summed E-state index contributed by atoms with van der Waals surface area (Å²) in [4.78, 5) is 11.9. The van der Waals surface area contributed by atoms with Gasteiger partial charge in [-0.25, -0.2) is 0 Å². The van der Waals surface area contributed by atoms with Crippen molar-refractivity contribution >= 4 is 5.91 Å². The molecular weight excluding hydrogens is 230 g/mol.